The van der Waals surface area contributed by atoms with Crippen LogP contribution in [-0.2, 0) is 6.42 Å². The molecule has 0 saturated heterocycles. The van der Waals surface area contributed by atoms with Gasteiger partial charge < -0.3 is 14.6 Å². The van der Waals surface area contributed by atoms with Crippen LogP contribution in [0.5, 0.6) is 5.75 Å². The predicted octanol–water partition coefficient (Wildman–Crippen LogP) is 6.34. The highest BCUT2D eigenvalue weighted by Gasteiger charge is 2.22. The molecule has 0 aliphatic heterocycles. The molecular formula is C26H33NO6S. The van der Waals surface area contributed by atoms with Crippen LogP contribution in [0.25, 0.3) is 6.08 Å². The first-order chi connectivity index (χ1) is 15.9. The summed E-state index contributed by atoms with van der Waals surface area (Å²) < 4.78 is 5.34. The molecule has 2 aromatic heterocycles. The Morgan fingerprint density at radius 3 is 2.59 bits per heavy atom. The highest BCUT2D eigenvalue weighted by atomic mass is 32.1. The van der Waals surface area contributed by atoms with Crippen molar-refractivity contribution >= 4 is 29.3 Å². The largest absolute Gasteiger partial charge is 0.507 e. The molecule has 1 amide bonds. The van der Waals surface area contributed by atoms with Gasteiger partial charge in [0.2, 0.25) is 0 Å². The average molecular weight is 488 g/mol. The van der Waals surface area contributed by atoms with Crippen LogP contribution < -0.4 is 10.9 Å². The molecule has 8 heteroatoms. The molecule has 0 radical (unpaired) electrons. The molecule has 0 aliphatic carbocycles. The van der Waals surface area contributed by atoms with Gasteiger partial charge in [0, 0.05) is 27.9 Å². The lowest BCUT2D eigenvalue weighted by atomic mass is 9.90. The monoisotopic (exact) mass is 487 g/mol. The molecule has 3 N–H and O–H groups in total. The van der Waals surface area contributed by atoms with Gasteiger partial charge in [0.05, 0.1) is 0 Å². The summed E-state index contributed by atoms with van der Waals surface area (Å²) >= 11 is 1.61. The van der Waals surface area contributed by atoms with Gasteiger partial charge in [-0.05, 0) is 61.8 Å². The van der Waals surface area contributed by atoms with Gasteiger partial charge in [-0.25, -0.2) is 9.59 Å². The molecule has 0 saturated carbocycles. The third-order valence-corrected chi connectivity index (χ3v) is 6.37. The molecule has 34 heavy (non-hydrogen) atoms. The van der Waals surface area contributed by atoms with Crippen LogP contribution in [0.15, 0.2) is 45.3 Å². The maximum Gasteiger partial charge on any atom is 0.408 e. The average Bonchev–Trinajstić information content (AvgIpc) is 3.17. The molecule has 0 spiro atoms. The summed E-state index contributed by atoms with van der Waals surface area (Å²) in [6, 6.07) is 5.31. The Morgan fingerprint density at radius 1 is 1.26 bits per heavy atom. The summed E-state index contributed by atoms with van der Waals surface area (Å²) in [6.07, 6.45) is 6.66. The Morgan fingerprint density at radius 2 is 1.97 bits per heavy atom. The molecule has 0 bridgehead atoms. The predicted molar refractivity (Wildman–Crippen MR) is 135 cm³/mol. The summed E-state index contributed by atoms with van der Waals surface area (Å²) in [5, 5.41) is 21.1. The number of ketones is 1. The van der Waals surface area contributed by atoms with E-state index in [2.05, 4.69) is 32.2 Å². The molecule has 0 fully saturated rings. The van der Waals surface area contributed by atoms with E-state index in [9.17, 15) is 19.5 Å². The van der Waals surface area contributed by atoms with E-state index in [-0.39, 0.29) is 22.7 Å². The number of carboxylic acid groups (broad SMARTS) is 1. The number of carbonyl (C=O) groups excluding carboxylic acids is 1. The van der Waals surface area contributed by atoms with Gasteiger partial charge in [0.25, 0.3) is 0 Å². The summed E-state index contributed by atoms with van der Waals surface area (Å²) in [4.78, 5) is 38.0. The lowest BCUT2D eigenvalue weighted by Crippen LogP contribution is -2.16. The quantitative estimate of drug-likeness (QED) is 0.266. The molecule has 0 aliphatic rings. The van der Waals surface area contributed by atoms with Crippen LogP contribution in [0, 0.1) is 5.41 Å². The Labute approximate surface area is 203 Å². The van der Waals surface area contributed by atoms with Gasteiger partial charge in [-0.3, -0.25) is 10.1 Å². The van der Waals surface area contributed by atoms with Gasteiger partial charge in [-0.15, -0.1) is 11.3 Å². The fourth-order valence-corrected chi connectivity index (χ4v) is 4.25. The van der Waals surface area contributed by atoms with Gasteiger partial charge in [0.1, 0.15) is 17.1 Å². The van der Waals surface area contributed by atoms with Gasteiger partial charge in [0.15, 0.2) is 5.78 Å². The van der Waals surface area contributed by atoms with Gasteiger partial charge in [-0.2, -0.15) is 0 Å². The highest BCUT2D eigenvalue weighted by molar-refractivity contribution is 7.12. The van der Waals surface area contributed by atoms with E-state index >= 15 is 0 Å². The maximum absolute atomic E-state index is 12.9. The first-order valence-electron chi connectivity index (χ1n) is 11.2. The van der Waals surface area contributed by atoms with Crippen molar-refractivity contribution in [2.24, 2.45) is 5.41 Å². The first-order valence-corrected chi connectivity index (χ1v) is 12.0. The third-order valence-electron chi connectivity index (χ3n) is 5.27. The SMILES string of the molecule is CC(=Cc1ccc(CCC(C)(C)C)s1)C(=O)c1c(O)cc(C(C)CCC=CNC(=O)O)oc1=O. The van der Waals surface area contributed by atoms with E-state index in [0.29, 0.717) is 18.4 Å². The van der Waals surface area contributed by atoms with Crippen molar-refractivity contribution in [2.45, 2.75) is 66.2 Å². The summed E-state index contributed by atoms with van der Waals surface area (Å²) in [5.41, 5.74) is -0.668. The Bertz CT molecular complexity index is 1130. The van der Waals surface area contributed by atoms with Crippen molar-refractivity contribution in [3.8, 4) is 5.75 Å². The number of carbonyl (C=O) groups is 2. The first kappa shape index (κ1) is 27.1. The molecule has 1 unspecified atom stereocenters. The fraction of sp³-hybridized carbons (Fsp3) is 0.423. The second-order valence-corrected chi connectivity index (χ2v) is 10.7. The molecule has 1 atom stereocenters. The third kappa shape index (κ3) is 8.33. The topological polar surface area (TPSA) is 117 Å². The molecule has 2 aromatic rings. The number of nitrogens with one attached hydrogen (secondary N) is 1. The van der Waals surface area contributed by atoms with E-state index in [0.717, 1.165) is 17.7 Å². The van der Waals surface area contributed by atoms with E-state index in [1.807, 2.05) is 13.0 Å². The van der Waals surface area contributed by atoms with Crippen LogP contribution in [0.4, 0.5) is 4.79 Å². The van der Waals surface area contributed by atoms with Crippen LogP contribution in [0.1, 0.15) is 85.7 Å². The standard InChI is InChI=1S/C26H33NO6S/c1-16(8-6-7-13-27-25(31)32)21-15-20(28)22(24(30)33-21)23(29)17(2)14-19-10-9-18(34-19)11-12-26(3,4)5/h7,9-10,13-16,27-28H,6,8,11-12H2,1-5H3,(H,31,32). The van der Waals surface area contributed by atoms with Crippen LogP contribution in [0.3, 0.4) is 0 Å². The minimum atomic E-state index is -1.15. The van der Waals surface area contributed by atoms with Gasteiger partial charge in [-0.1, -0.05) is 33.8 Å². The molecule has 184 valence electrons. The van der Waals surface area contributed by atoms with Crippen molar-refractivity contribution in [3.05, 3.63) is 67.5 Å². The lowest BCUT2D eigenvalue weighted by molar-refractivity contribution is 0.102. The van der Waals surface area contributed by atoms with Crippen molar-refractivity contribution < 1.29 is 24.2 Å². The van der Waals surface area contributed by atoms with Crippen molar-refractivity contribution in [1.82, 2.24) is 5.32 Å². The van der Waals surface area contributed by atoms with Crippen LogP contribution in [0.2, 0.25) is 0 Å². The minimum absolute atomic E-state index is 0.216. The highest BCUT2D eigenvalue weighted by Crippen LogP contribution is 2.28. The number of hydrogen-bond acceptors (Lipinski definition) is 6. The van der Waals surface area contributed by atoms with E-state index in [1.165, 1.54) is 17.1 Å². The van der Waals surface area contributed by atoms with Crippen LogP contribution >= 0.6 is 11.3 Å². The van der Waals surface area contributed by atoms with E-state index in [4.69, 9.17) is 9.52 Å². The van der Waals surface area contributed by atoms with Crippen molar-refractivity contribution in [3.63, 3.8) is 0 Å². The summed E-state index contributed by atoms with van der Waals surface area (Å²) in [6.45, 7) is 10.0. The number of hydrogen-bond donors (Lipinski definition) is 3. The van der Waals surface area contributed by atoms with E-state index in [1.54, 1.807) is 30.4 Å². The number of amides is 1. The lowest BCUT2D eigenvalue weighted by Gasteiger charge is -2.16. The zero-order valence-electron chi connectivity index (χ0n) is 20.3. The second kappa shape index (κ2) is 11.8. The molecular weight excluding hydrogens is 454 g/mol. The number of aryl methyl sites for hydroxylation is 1. The smallest absolute Gasteiger partial charge is 0.408 e. The minimum Gasteiger partial charge on any atom is -0.507 e. The summed E-state index contributed by atoms with van der Waals surface area (Å²) in [5.74, 6) is -0.928. The van der Waals surface area contributed by atoms with Crippen LogP contribution in [-0.4, -0.2) is 22.1 Å². The molecule has 0 aromatic carbocycles. The van der Waals surface area contributed by atoms with Crippen molar-refractivity contribution in [1.29, 1.82) is 0 Å². The molecule has 2 rings (SSSR count). The molecule has 2 heterocycles. The summed E-state index contributed by atoms with van der Waals surface area (Å²) in [7, 11) is 0. The zero-order valence-corrected chi connectivity index (χ0v) is 21.1. The normalized spacial score (nSPS) is 13.3. The number of Topliss-reactive ketones (excluding diaryl/α,β-unsaturated/α-hetero) is 1. The maximum atomic E-state index is 12.9. The Kier molecular flexibility index (Phi) is 9.44. The van der Waals surface area contributed by atoms with E-state index < -0.39 is 23.3 Å². The fourth-order valence-electron chi connectivity index (χ4n) is 3.23. The number of rotatable bonds is 10. The van der Waals surface area contributed by atoms with Crippen molar-refractivity contribution in [2.75, 3.05) is 0 Å². The number of thiophene rings is 1. The number of aromatic hydroxyl groups is 1. The zero-order chi connectivity index (χ0) is 25.5. The Hall–Kier alpha value is -3.13. The Balaban J connectivity index is 2.11. The molecule has 7 nitrogen and oxygen atoms in total. The van der Waals surface area contributed by atoms with Gasteiger partial charge >= 0.3 is 11.7 Å². The number of allylic oxidation sites excluding steroid dienone is 2. The second-order valence-electron chi connectivity index (χ2n) is 9.55.